The summed E-state index contributed by atoms with van der Waals surface area (Å²) in [6, 6.07) is 9.97. The van der Waals surface area contributed by atoms with Crippen LogP contribution in [-0.2, 0) is 6.54 Å². The second-order valence-corrected chi connectivity index (χ2v) is 6.09. The number of aromatic nitrogens is 2. The largest absolute Gasteiger partial charge is 0.337 e. The normalized spacial score (nSPS) is 18.0. The lowest BCUT2D eigenvalue weighted by Gasteiger charge is -2.16. The minimum atomic E-state index is 0.0724. The van der Waals surface area contributed by atoms with Crippen LogP contribution in [0.15, 0.2) is 30.3 Å². The average Bonchev–Trinajstić information content (AvgIpc) is 3.05. The molecular formula is C17H22N4O. The Morgan fingerprint density at radius 3 is 2.82 bits per heavy atom. The lowest BCUT2D eigenvalue weighted by Crippen LogP contribution is -2.31. The molecule has 2 N–H and O–H groups in total. The van der Waals surface area contributed by atoms with Crippen molar-refractivity contribution in [3.8, 4) is 0 Å². The summed E-state index contributed by atoms with van der Waals surface area (Å²) in [4.78, 5) is 14.4. The summed E-state index contributed by atoms with van der Waals surface area (Å²) in [7, 11) is 0. The van der Waals surface area contributed by atoms with Crippen molar-refractivity contribution in [2.24, 2.45) is 5.73 Å². The summed E-state index contributed by atoms with van der Waals surface area (Å²) in [6.07, 6.45) is 0.886. The van der Waals surface area contributed by atoms with Gasteiger partial charge in [-0.3, -0.25) is 9.48 Å². The minimum absolute atomic E-state index is 0.0724. The SMILES string of the molecule is Cc1cc(C)n(Cc2cccc(C(=O)N3CC[C@@H](N)C3)c2)n1. The number of aryl methyl sites for hydroxylation is 2. The van der Waals surface area contributed by atoms with Crippen LogP contribution < -0.4 is 5.73 Å². The molecule has 1 amide bonds. The van der Waals surface area contributed by atoms with Gasteiger partial charge in [0.15, 0.2) is 0 Å². The van der Waals surface area contributed by atoms with Gasteiger partial charge in [-0.2, -0.15) is 5.10 Å². The monoisotopic (exact) mass is 298 g/mol. The molecule has 0 spiro atoms. The van der Waals surface area contributed by atoms with E-state index in [1.165, 1.54) is 0 Å². The highest BCUT2D eigenvalue weighted by atomic mass is 16.2. The van der Waals surface area contributed by atoms with Gasteiger partial charge >= 0.3 is 0 Å². The second kappa shape index (κ2) is 5.93. The van der Waals surface area contributed by atoms with Gasteiger partial charge in [-0.05, 0) is 44.0 Å². The van der Waals surface area contributed by atoms with Gasteiger partial charge in [-0.15, -0.1) is 0 Å². The maximum atomic E-state index is 12.5. The molecule has 1 aromatic carbocycles. The molecule has 116 valence electrons. The highest BCUT2D eigenvalue weighted by Gasteiger charge is 2.24. The molecular weight excluding hydrogens is 276 g/mol. The average molecular weight is 298 g/mol. The van der Waals surface area contributed by atoms with E-state index in [1.807, 2.05) is 47.7 Å². The topological polar surface area (TPSA) is 64.2 Å². The molecule has 22 heavy (non-hydrogen) atoms. The summed E-state index contributed by atoms with van der Waals surface area (Å²) in [5.74, 6) is 0.0724. The molecule has 0 aliphatic carbocycles. The summed E-state index contributed by atoms with van der Waals surface area (Å²) in [6.45, 7) is 6.11. The number of carbonyl (C=O) groups excluding carboxylic acids is 1. The Balaban J connectivity index is 1.77. The van der Waals surface area contributed by atoms with Crippen LogP contribution in [0.2, 0.25) is 0 Å². The zero-order valence-corrected chi connectivity index (χ0v) is 13.1. The number of carbonyl (C=O) groups is 1. The number of nitrogens with zero attached hydrogens (tertiary/aromatic N) is 3. The summed E-state index contributed by atoms with van der Waals surface area (Å²) >= 11 is 0. The number of hydrogen-bond acceptors (Lipinski definition) is 3. The Morgan fingerprint density at radius 1 is 1.36 bits per heavy atom. The van der Waals surface area contributed by atoms with Crippen molar-refractivity contribution < 1.29 is 4.79 Å². The van der Waals surface area contributed by atoms with E-state index in [-0.39, 0.29) is 11.9 Å². The fourth-order valence-electron chi connectivity index (χ4n) is 2.97. The molecule has 3 rings (SSSR count). The Morgan fingerprint density at radius 2 is 2.18 bits per heavy atom. The van der Waals surface area contributed by atoms with E-state index in [0.29, 0.717) is 13.1 Å². The first-order valence-corrected chi connectivity index (χ1v) is 7.68. The Kier molecular flexibility index (Phi) is 3.98. The highest BCUT2D eigenvalue weighted by Crippen LogP contribution is 2.15. The third kappa shape index (κ3) is 3.04. The van der Waals surface area contributed by atoms with Gasteiger partial charge in [-0.25, -0.2) is 0 Å². The van der Waals surface area contributed by atoms with Gasteiger partial charge in [0.25, 0.3) is 5.91 Å². The van der Waals surface area contributed by atoms with Crippen molar-refractivity contribution in [2.75, 3.05) is 13.1 Å². The predicted octanol–water partition coefficient (Wildman–Crippen LogP) is 1.72. The molecule has 2 aromatic rings. The molecule has 1 fully saturated rings. The molecule has 2 heterocycles. The fraction of sp³-hybridized carbons (Fsp3) is 0.412. The lowest BCUT2D eigenvalue weighted by molar-refractivity contribution is 0.0790. The number of nitrogens with two attached hydrogens (primary N) is 1. The molecule has 5 heteroatoms. The van der Waals surface area contributed by atoms with E-state index in [4.69, 9.17) is 5.73 Å². The molecule has 1 atom stereocenters. The smallest absolute Gasteiger partial charge is 0.253 e. The first kappa shape index (κ1) is 14.8. The fourth-order valence-corrected chi connectivity index (χ4v) is 2.97. The van der Waals surface area contributed by atoms with Gasteiger partial charge in [0, 0.05) is 30.4 Å². The van der Waals surface area contributed by atoms with Crippen molar-refractivity contribution in [3.05, 3.63) is 52.8 Å². The van der Waals surface area contributed by atoms with Crippen LogP contribution in [0, 0.1) is 13.8 Å². The third-order valence-corrected chi connectivity index (χ3v) is 4.12. The van der Waals surface area contributed by atoms with Crippen molar-refractivity contribution in [1.82, 2.24) is 14.7 Å². The predicted molar refractivity (Wildman–Crippen MR) is 85.7 cm³/mol. The number of likely N-dealkylation sites (tertiary alicyclic amines) is 1. The Labute approximate surface area is 130 Å². The molecule has 1 aliphatic heterocycles. The quantitative estimate of drug-likeness (QED) is 0.938. The Bertz CT molecular complexity index is 692. The zero-order valence-electron chi connectivity index (χ0n) is 13.1. The molecule has 0 bridgehead atoms. The van der Waals surface area contributed by atoms with Crippen molar-refractivity contribution in [3.63, 3.8) is 0 Å². The first-order chi connectivity index (χ1) is 10.5. The molecule has 0 radical (unpaired) electrons. The molecule has 5 nitrogen and oxygen atoms in total. The molecule has 0 unspecified atom stereocenters. The van der Waals surface area contributed by atoms with Crippen LogP contribution in [0.25, 0.3) is 0 Å². The van der Waals surface area contributed by atoms with Crippen molar-refractivity contribution >= 4 is 5.91 Å². The highest BCUT2D eigenvalue weighted by molar-refractivity contribution is 5.94. The number of rotatable bonds is 3. The molecule has 1 saturated heterocycles. The first-order valence-electron chi connectivity index (χ1n) is 7.68. The number of hydrogen-bond donors (Lipinski definition) is 1. The van der Waals surface area contributed by atoms with Gasteiger partial charge in [-0.1, -0.05) is 12.1 Å². The summed E-state index contributed by atoms with van der Waals surface area (Å²) in [5, 5.41) is 4.47. The van der Waals surface area contributed by atoms with E-state index in [0.717, 1.165) is 35.5 Å². The van der Waals surface area contributed by atoms with Crippen LogP contribution in [0.5, 0.6) is 0 Å². The standard InChI is InChI=1S/C17H22N4O/c1-12-8-13(2)21(19-12)10-14-4-3-5-15(9-14)17(22)20-7-6-16(18)11-20/h3-5,8-9,16H,6-7,10-11,18H2,1-2H3/t16-/m1/s1. The van der Waals surface area contributed by atoms with Crippen molar-refractivity contribution in [1.29, 1.82) is 0 Å². The minimum Gasteiger partial charge on any atom is -0.337 e. The summed E-state index contributed by atoms with van der Waals surface area (Å²) < 4.78 is 1.96. The van der Waals surface area contributed by atoms with Crippen LogP contribution in [0.1, 0.15) is 33.7 Å². The maximum absolute atomic E-state index is 12.5. The van der Waals surface area contributed by atoms with Crippen LogP contribution in [-0.4, -0.2) is 39.7 Å². The zero-order chi connectivity index (χ0) is 15.7. The van der Waals surface area contributed by atoms with Crippen LogP contribution in [0.4, 0.5) is 0 Å². The van der Waals surface area contributed by atoms with Gasteiger partial charge in [0.2, 0.25) is 0 Å². The van der Waals surface area contributed by atoms with Gasteiger partial charge < -0.3 is 10.6 Å². The van der Waals surface area contributed by atoms with E-state index in [1.54, 1.807) is 0 Å². The molecule has 0 saturated carbocycles. The van der Waals surface area contributed by atoms with E-state index >= 15 is 0 Å². The lowest BCUT2D eigenvalue weighted by atomic mass is 10.1. The second-order valence-electron chi connectivity index (χ2n) is 6.09. The number of amides is 1. The molecule has 1 aromatic heterocycles. The molecule has 1 aliphatic rings. The van der Waals surface area contributed by atoms with Gasteiger partial charge in [0.1, 0.15) is 0 Å². The van der Waals surface area contributed by atoms with E-state index in [9.17, 15) is 4.79 Å². The summed E-state index contributed by atoms with van der Waals surface area (Å²) in [5.41, 5.74) is 9.83. The van der Waals surface area contributed by atoms with E-state index in [2.05, 4.69) is 11.2 Å². The Hall–Kier alpha value is -2.14. The third-order valence-electron chi connectivity index (χ3n) is 4.12. The van der Waals surface area contributed by atoms with Crippen molar-refractivity contribution in [2.45, 2.75) is 32.9 Å². The van der Waals surface area contributed by atoms with E-state index < -0.39 is 0 Å². The van der Waals surface area contributed by atoms with Gasteiger partial charge in [0.05, 0.1) is 12.2 Å². The number of benzene rings is 1. The maximum Gasteiger partial charge on any atom is 0.253 e. The van der Waals surface area contributed by atoms with Crippen LogP contribution >= 0.6 is 0 Å². The van der Waals surface area contributed by atoms with Crippen LogP contribution in [0.3, 0.4) is 0 Å².